The van der Waals surface area contributed by atoms with Crippen LogP contribution in [0.25, 0.3) is 0 Å². The standard InChI is InChI=1S/C14H29N/c1-4-11-15-12(3)14-8-6-7-13(5-2)9-10-14/h12-15H,4-11H2,1-3H3. The fourth-order valence-electron chi connectivity index (χ4n) is 2.85. The van der Waals surface area contributed by atoms with Crippen LogP contribution in [0.4, 0.5) is 0 Å². The Balaban J connectivity index is 2.29. The van der Waals surface area contributed by atoms with Gasteiger partial charge in [-0.15, -0.1) is 0 Å². The maximum Gasteiger partial charge on any atom is 0.00669 e. The van der Waals surface area contributed by atoms with Gasteiger partial charge < -0.3 is 5.32 Å². The normalized spacial score (nSPS) is 29.8. The van der Waals surface area contributed by atoms with Crippen molar-refractivity contribution in [2.24, 2.45) is 11.8 Å². The first-order valence-corrected chi connectivity index (χ1v) is 7.01. The first-order chi connectivity index (χ1) is 7.27. The van der Waals surface area contributed by atoms with Crippen LogP contribution in [0.5, 0.6) is 0 Å². The molecule has 0 aliphatic heterocycles. The van der Waals surface area contributed by atoms with Gasteiger partial charge >= 0.3 is 0 Å². The summed E-state index contributed by atoms with van der Waals surface area (Å²) in [6.45, 7) is 8.17. The lowest BCUT2D eigenvalue weighted by Crippen LogP contribution is -2.33. The van der Waals surface area contributed by atoms with Crippen molar-refractivity contribution in [1.82, 2.24) is 5.32 Å². The van der Waals surface area contributed by atoms with Crippen LogP contribution in [0.1, 0.15) is 65.7 Å². The van der Waals surface area contributed by atoms with Crippen LogP contribution in [0.3, 0.4) is 0 Å². The Hall–Kier alpha value is -0.0400. The smallest absolute Gasteiger partial charge is 0.00669 e. The Bertz CT molecular complexity index is 155. The molecule has 0 bridgehead atoms. The van der Waals surface area contributed by atoms with Gasteiger partial charge in [-0.25, -0.2) is 0 Å². The molecule has 0 spiro atoms. The molecule has 0 aromatic heterocycles. The van der Waals surface area contributed by atoms with E-state index in [4.69, 9.17) is 0 Å². The minimum atomic E-state index is 0.737. The van der Waals surface area contributed by atoms with Crippen molar-refractivity contribution < 1.29 is 0 Å². The van der Waals surface area contributed by atoms with Crippen molar-refractivity contribution >= 4 is 0 Å². The van der Waals surface area contributed by atoms with Gasteiger partial charge in [0.05, 0.1) is 0 Å². The lowest BCUT2D eigenvalue weighted by molar-refractivity contribution is 0.332. The van der Waals surface area contributed by atoms with Gasteiger partial charge in [-0.2, -0.15) is 0 Å². The Kier molecular flexibility index (Phi) is 6.31. The average molecular weight is 211 g/mol. The minimum absolute atomic E-state index is 0.737. The zero-order valence-electron chi connectivity index (χ0n) is 10.9. The molecule has 1 nitrogen and oxygen atoms in total. The largest absolute Gasteiger partial charge is 0.314 e. The monoisotopic (exact) mass is 211 g/mol. The fraction of sp³-hybridized carbons (Fsp3) is 1.00. The van der Waals surface area contributed by atoms with Crippen LogP contribution in [-0.2, 0) is 0 Å². The Morgan fingerprint density at radius 1 is 1.13 bits per heavy atom. The summed E-state index contributed by atoms with van der Waals surface area (Å²) in [7, 11) is 0. The molecule has 3 unspecified atom stereocenters. The quantitative estimate of drug-likeness (QED) is 0.678. The van der Waals surface area contributed by atoms with Crippen LogP contribution >= 0.6 is 0 Å². The Labute approximate surface area is 96.0 Å². The number of nitrogens with one attached hydrogen (secondary N) is 1. The molecule has 1 N–H and O–H groups in total. The van der Waals surface area contributed by atoms with Gasteiger partial charge in [-0.05, 0) is 44.6 Å². The number of rotatable bonds is 5. The van der Waals surface area contributed by atoms with E-state index < -0.39 is 0 Å². The van der Waals surface area contributed by atoms with E-state index >= 15 is 0 Å². The summed E-state index contributed by atoms with van der Waals surface area (Å²) in [6, 6.07) is 0.737. The molecule has 1 aliphatic rings. The van der Waals surface area contributed by atoms with E-state index in [1.165, 1.54) is 51.5 Å². The molecule has 1 saturated carbocycles. The summed E-state index contributed by atoms with van der Waals surface area (Å²) in [5.74, 6) is 1.96. The van der Waals surface area contributed by atoms with Gasteiger partial charge in [0.1, 0.15) is 0 Å². The highest BCUT2D eigenvalue weighted by Gasteiger charge is 2.21. The van der Waals surface area contributed by atoms with Gasteiger partial charge in [-0.3, -0.25) is 0 Å². The maximum absolute atomic E-state index is 3.66. The van der Waals surface area contributed by atoms with Crippen LogP contribution in [0, 0.1) is 11.8 Å². The molecule has 1 heteroatoms. The highest BCUT2D eigenvalue weighted by molar-refractivity contribution is 4.77. The molecule has 0 heterocycles. The molecule has 3 atom stereocenters. The molecule has 90 valence electrons. The molecule has 0 amide bonds. The van der Waals surface area contributed by atoms with Crippen LogP contribution < -0.4 is 5.32 Å². The molecule has 0 aromatic rings. The van der Waals surface area contributed by atoms with Gasteiger partial charge in [0.2, 0.25) is 0 Å². The molecule has 15 heavy (non-hydrogen) atoms. The van der Waals surface area contributed by atoms with E-state index in [9.17, 15) is 0 Å². The maximum atomic E-state index is 3.66. The molecular weight excluding hydrogens is 182 g/mol. The second kappa shape index (κ2) is 7.27. The topological polar surface area (TPSA) is 12.0 Å². The van der Waals surface area contributed by atoms with Crippen molar-refractivity contribution in [3.05, 3.63) is 0 Å². The van der Waals surface area contributed by atoms with Crippen molar-refractivity contribution in [3.8, 4) is 0 Å². The zero-order valence-corrected chi connectivity index (χ0v) is 10.9. The molecule has 1 fully saturated rings. The van der Waals surface area contributed by atoms with E-state index in [1.54, 1.807) is 0 Å². The summed E-state index contributed by atoms with van der Waals surface area (Å²) in [6.07, 6.45) is 9.97. The van der Waals surface area contributed by atoms with Gasteiger partial charge in [0.15, 0.2) is 0 Å². The van der Waals surface area contributed by atoms with Crippen LogP contribution in [0.15, 0.2) is 0 Å². The summed E-state index contributed by atoms with van der Waals surface area (Å²) < 4.78 is 0. The first kappa shape index (κ1) is 13.0. The van der Waals surface area contributed by atoms with E-state index in [1.807, 2.05) is 0 Å². The molecule has 0 aromatic carbocycles. The zero-order chi connectivity index (χ0) is 11.1. The van der Waals surface area contributed by atoms with Gasteiger partial charge in [-0.1, -0.05) is 39.5 Å². The highest BCUT2D eigenvalue weighted by atomic mass is 14.9. The molecule has 1 rings (SSSR count). The predicted octanol–water partition coefficient (Wildman–Crippen LogP) is 3.98. The Morgan fingerprint density at radius 3 is 2.60 bits per heavy atom. The average Bonchev–Trinajstić information content (AvgIpc) is 2.50. The lowest BCUT2D eigenvalue weighted by Gasteiger charge is -2.23. The first-order valence-electron chi connectivity index (χ1n) is 7.01. The van der Waals surface area contributed by atoms with Crippen LogP contribution in [-0.4, -0.2) is 12.6 Å². The molecule has 0 radical (unpaired) electrons. The summed E-state index contributed by atoms with van der Waals surface area (Å²) in [5.41, 5.74) is 0. The minimum Gasteiger partial charge on any atom is -0.314 e. The van der Waals surface area contributed by atoms with Crippen molar-refractivity contribution in [2.75, 3.05) is 6.54 Å². The van der Waals surface area contributed by atoms with Gasteiger partial charge in [0, 0.05) is 6.04 Å². The van der Waals surface area contributed by atoms with E-state index in [0.717, 1.165) is 17.9 Å². The summed E-state index contributed by atoms with van der Waals surface area (Å²) in [5, 5.41) is 3.66. The summed E-state index contributed by atoms with van der Waals surface area (Å²) >= 11 is 0. The number of hydrogen-bond acceptors (Lipinski definition) is 1. The van der Waals surface area contributed by atoms with Crippen LogP contribution in [0.2, 0.25) is 0 Å². The van der Waals surface area contributed by atoms with Crippen molar-refractivity contribution in [3.63, 3.8) is 0 Å². The third kappa shape index (κ3) is 4.55. The SMILES string of the molecule is CCCNC(C)C1CCCC(CC)CC1. The summed E-state index contributed by atoms with van der Waals surface area (Å²) in [4.78, 5) is 0. The van der Waals surface area contributed by atoms with Crippen molar-refractivity contribution in [2.45, 2.75) is 71.8 Å². The Morgan fingerprint density at radius 2 is 1.93 bits per heavy atom. The van der Waals surface area contributed by atoms with E-state index in [0.29, 0.717) is 0 Å². The third-order valence-corrected chi connectivity index (χ3v) is 4.13. The van der Waals surface area contributed by atoms with E-state index in [-0.39, 0.29) is 0 Å². The van der Waals surface area contributed by atoms with Gasteiger partial charge in [0.25, 0.3) is 0 Å². The highest BCUT2D eigenvalue weighted by Crippen LogP contribution is 2.30. The van der Waals surface area contributed by atoms with E-state index in [2.05, 4.69) is 26.1 Å². The number of hydrogen-bond donors (Lipinski definition) is 1. The second-order valence-electron chi connectivity index (χ2n) is 5.29. The second-order valence-corrected chi connectivity index (χ2v) is 5.29. The van der Waals surface area contributed by atoms with Crippen molar-refractivity contribution in [1.29, 1.82) is 0 Å². The lowest BCUT2D eigenvalue weighted by atomic mass is 9.92. The predicted molar refractivity (Wildman–Crippen MR) is 68.1 cm³/mol. The molecule has 0 saturated heterocycles. The third-order valence-electron chi connectivity index (χ3n) is 4.13. The molecular formula is C14H29N. The molecule has 1 aliphatic carbocycles. The fourth-order valence-corrected chi connectivity index (χ4v) is 2.85.